The summed E-state index contributed by atoms with van der Waals surface area (Å²) in [6, 6.07) is 20.8. The number of carbonyl (C=O) groups is 2. The van der Waals surface area contributed by atoms with E-state index in [-0.39, 0.29) is 22.8 Å². The average Bonchev–Trinajstić information content (AvgIpc) is 3.01. The van der Waals surface area contributed by atoms with Crippen molar-refractivity contribution in [2.75, 3.05) is 34.4 Å². The molecule has 6 rings (SSSR count). The molecule has 0 radical (unpaired) electrons. The molecule has 0 spiro atoms. The van der Waals surface area contributed by atoms with Gasteiger partial charge in [-0.1, -0.05) is 48.5 Å². The van der Waals surface area contributed by atoms with Gasteiger partial charge in [0.15, 0.2) is 11.5 Å². The lowest BCUT2D eigenvalue weighted by Crippen LogP contribution is -2.73. The Kier molecular flexibility index (Phi) is 9.08. The number of phenols is 1. The maximum Gasteiger partial charge on any atom is 0.339 e. The molecule has 2 bridgehead atoms. The lowest BCUT2D eigenvalue weighted by atomic mass is 9.49. The number of carbonyl (C=O) groups excluding carboxylic acids is 1. The van der Waals surface area contributed by atoms with Crippen molar-refractivity contribution in [2.45, 2.75) is 62.0 Å². The Morgan fingerprint density at radius 2 is 1.74 bits per heavy atom. The summed E-state index contributed by atoms with van der Waals surface area (Å²) in [7, 11) is 5.61. The number of carboxylic acids is 1. The third kappa shape index (κ3) is 5.61. The molecule has 2 fully saturated rings. The van der Waals surface area contributed by atoms with Gasteiger partial charge in [0.25, 0.3) is 0 Å². The summed E-state index contributed by atoms with van der Waals surface area (Å²) in [5, 5.41) is 17.3. The van der Waals surface area contributed by atoms with Gasteiger partial charge in [-0.3, -0.25) is 4.79 Å². The van der Waals surface area contributed by atoms with Crippen LogP contribution in [0.25, 0.3) is 0 Å². The van der Waals surface area contributed by atoms with Gasteiger partial charge in [0.1, 0.15) is 17.1 Å². The number of aryl methyl sites for hydroxylation is 1. The number of hydrogen-bond acceptors (Lipinski definition) is 7. The number of aromatic carboxylic acids is 1. The lowest BCUT2D eigenvalue weighted by Gasteiger charge is -2.64. The van der Waals surface area contributed by atoms with Gasteiger partial charge in [0.05, 0.1) is 19.8 Å². The molecular formula is C35H41NO7. The van der Waals surface area contributed by atoms with Crippen LogP contribution in [-0.4, -0.2) is 72.9 Å². The molecule has 0 unspecified atom stereocenters. The summed E-state index contributed by atoms with van der Waals surface area (Å²) in [6.07, 6.45) is 5.64. The molecular weight excluding hydrogens is 546 g/mol. The Hall–Kier alpha value is -3.88. The molecule has 3 atom stereocenters. The van der Waals surface area contributed by atoms with Crippen LogP contribution < -0.4 is 9.47 Å². The van der Waals surface area contributed by atoms with Gasteiger partial charge in [-0.15, -0.1) is 0 Å². The van der Waals surface area contributed by atoms with Crippen molar-refractivity contribution in [1.29, 1.82) is 0 Å². The van der Waals surface area contributed by atoms with Crippen LogP contribution in [0.5, 0.6) is 17.2 Å². The van der Waals surface area contributed by atoms with Gasteiger partial charge in [0.2, 0.25) is 0 Å². The van der Waals surface area contributed by atoms with E-state index in [1.54, 1.807) is 26.4 Å². The van der Waals surface area contributed by atoms with Crippen LogP contribution in [0.1, 0.15) is 59.2 Å². The van der Waals surface area contributed by atoms with Crippen LogP contribution in [0.3, 0.4) is 0 Å². The Labute approximate surface area is 253 Å². The van der Waals surface area contributed by atoms with Gasteiger partial charge < -0.3 is 29.3 Å². The first-order valence-electron chi connectivity index (χ1n) is 14.9. The number of fused-ring (bicyclic) bond motifs is 1. The maximum atomic E-state index is 13.0. The molecule has 0 amide bonds. The Morgan fingerprint density at radius 3 is 2.42 bits per heavy atom. The first-order chi connectivity index (χ1) is 20.8. The molecule has 0 aromatic heterocycles. The third-order valence-electron chi connectivity index (χ3n) is 9.52. The maximum absolute atomic E-state index is 13.0. The smallest absolute Gasteiger partial charge is 0.339 e. The topological polar surface area (TPSA) is 106 Å². The number of hydrogen-bond donors (Lipinski definition) is 2. The number of Topliss-reactive ketones (excluding diaryl/α,β-unsaturated/α-hetero) is 1. The first-order valence-corrected chi connectivity index (χ1v) is 14.9. The summed E-state index contributed by atoms with van der Waals surface area (Å²) in [4.78, 5) is 25.7. The van der Waals surface area contributed by atoms with Gasteiger partial charge in [-0.2, -0.15) is 0 Å². The SMILES string of the molecule is COc1ccc2c(c1OC)[C@]13CCN(C)[C@H](C2)[C@]1(OCCCc1ccccc1)CCC(=O)C3.O=C(O)c1ccccc1O. The number of nitrogens with zero attached hydrogens (tertiary/aromatic N) is 1. The highest BCUT2D eigenvalue weighted by Gasteiger charge is 2.66. The van der Waals surface area contributed by atoms with Crippen molar-refractivity contribution in [1.82, 2.24) is 4.90 Å². The number of methoxy groups -OCH3 is 2. The minimum Gasteiger partial charge on any atom is -0.507 e. The molecule has 1 aliphatic heterocycles. The molecule has 2 aliphatic carbocycles. The van der Waals surface area contributed by atoms with Crippen molar-refractivity contribution >= 4 is 11.8 Å². The van der Waals surface area contributed by atoms with Crippen molar-refractivity contribution in [3.8, 4) is 17.2 Å². The molecule has 2 N–H and O–H groups in total. The number of carboxylic acid groups (broad SMARTS) is 1. The monoisotopic (exact) mass is 587 g/mol. The number of likely N-dealkylation sites (tertiary alicyclic amines) is 1. The number of aromatic hydroxyl groups is 1. The summed E-state index contributed by atoms with van der Waals surface area (Å²) in [5.41, 5.74) is 2.93. The van der Waals surface area contributed by atoms with Crippen molar-refractivity contribution in [3.63, 3.8) is 0 Å². The van der Waals surface area contributed by atoms with E-state index in [1.807, 2.05) is 6.07 Å². The van der Waals surface area contributed by atoms with E-state index in [4.69, 9.17) is 24.4 Å². The second-order valence-electron chi connectivity index (χ2n) is 11.7. The van der Waals surface area contributed by atoms with Gasteiger partial charge in [-0.05, 0) is 75.0 Å². The first kappa shape index (κ1) is 30.6. The minimum absolute atomic E-state index is 0.0671. The van der Waals surface area contributed by atoms with E-state index in [0.29, 0.717) is 25.2 Å². The molecule has 3 aromatic rings. The van der Waals surface area contributed by atoms with Crippen molar-refractivity contribution < 1.29 is 34.0 Å². The third-order valence-corrected chi connectivity index (χ3v) is 9.52. The van der Waals surface area contributed by atoms with E-state index in [0.717, 1.165) is 55.7 Å². The Bertz CT molecular complexity index is 1460. The Balaban J connectivity index is 0.000000314. The predicted molar refractivity (Wildman–Crippen MR) is 163 cm³/mol. The molecule has 43 heavy (non-hydrogen) atoms. The molecule has 8 heteroatoms. The molecule has 1 saturated carbocycles. The number of rotatable bonds is 8. The lowest BCUT2D eigenvalue weighted by molar-refractivity contribution is -0.197. The zero-order valence-corrected chi connectivity index (χ0v) is 25.2. The van der Waals surface area contributed by atoms with Crippen molar-refractivity contribution in [3.05, 3.63) is 89.0 Å². The van der Waals surface area contributed by atoms with Crippen LogP contribution in [0.2, 0.25) is 0 Å². The molecule has 8 nitrogen and oxygen atoms in total. The van der Waals surface area contributed by atoms with Crippen LogP contribution in [0.4, 0.5) is 0 Å². The van der Waals surface area contributed by atoms with Crippen LogP contribution in [0.15, 0.2) is 66.7 Å². The van der Waals surface area contributed by atoms with Gasteiger partial charge >= 0.3 is 5.97 Å². The second-order valence-corrected chi connectivity index (χ2v) is 11.7. The highest BCUT2D eigenvalue weighted by Crippen LogP contribution is 2.62. The second kappa shape index (κ2) is 12.8. The van der Waals surface area contributed by atoms with E-state index in [1.165, 1.54) is 23.3 Å². The summed E-state index contributed by atoms with van der Waals surface area (Å²) < 4.78 is 18.7. The van der Waals surface area contributed by atoms with E-state index >= 15 is 0 Å². The summed E-state index contributed by atoms with van der Waals surface area (Å²) >= 11 is 0. The highest BCUT2D eigenvalue weighted by atomic mass is 16.5. The fourth-order valence-corrected chi connectivity index (χ4v) is 7.56. The van der Waals surface area contributed by atoms with E-state index in [2.05, 4.69) is 48.3 Å². The number of likely N-dealkylation sites (N-methyl/N-ethyl adjacent to an activating group) is 1. The molecule has 3 aromatic carbocycles. The van der Waals surface area contributed by atoms with Crippen molar-refractivity contribution in [2.24, 2.45) is 0 Å². The van der Waals surface area contributed by atoms with Crippen LogP contribution in [0, 0.1) is 0 Å². The molecule has 1 saturated heterocycles. The van der Waals surface area contributed by atoms with E-state index < -0.39 is 11.6 Å². The zero-order valence-electron chi connectivity index (χ0n) is 25.2. The quantitative estimate of drug-likeness (QED) is 0.336. The fraction of sp³-hybridized carbons (Fsp3) is 0.429. The predicted octanol–water partition coefficient (Wildman–Crippen LogP) is 5.43. The van der Waals surface area contributed by atoms with E-state index in [9.17, 15) is 9.59 Å². The van der Waals surface area contributed by atoms with Crippen LogP contribution in [-0.2, 0) is 27.8 Å². The number of para-hydroxylation sites is 1. The molecule has 1 heterocycles. The van der Waals surface area contributed by atoms with Gasteiger partial charge in [-0.25, -0.2) is 4.79 Å². The average molecular weight is 588 g/mol. The number of benzene rings is 3. The fourth-order valence-electron chi connectivity index (χ4n) is 7.56. The van der Waals surface area contributed by atoms with Crippen LogP contribution >= 0.6 is 0 Å². The summed E-state index contributed by atoms with van der Waals surface area (Å²) in [5.74, 6) is 0.539. The minimum atomic E-state index is -1.11. The molecule has 3 aliphatic rings. The zero-order chi connectivity index (χ0) is 30.6. The highest BCUT2D eigenvalue weighted by molar-refractivity contribution is 5.90. The number of ether oxygens (including phenoxy) is 3. The summed E-state index contributed by atoms with van der Waals surface area (Å²) in [6.45, 7) is 1.64. The normalized spacial score (nSPS) is 24.2. The number of ketones is 1. The van der Waals surface area contributed by atoms with Gasteiger partial charge in [0, 0.05) is 36.5 Å². The molecule has 228 valence electrons. The largest absolute Gasteiger partial charge is 0.507 e. The number of piperidine rings is 1. The standard InChI is InChI=1S/C28H35NO4.C7H6O3/c1-29-16-15-27-19-22(30)13-14-28(27,33-17-7-10-20-8-5-4-6-9-20)24(29)18-21-11-12-23(31-2)26(32-3)25(21)27;8-6-4-2-1-3-5(6)7(9)10/h4-6,8-9,11-12,24H,7,10,13-19H2,1-3H3;1-4,8H,(H,9,10)/t24-,27-,28-;/m1./s1. The Morgan fingerprint density at radius 1 is 1.00 bits per heavy atom.